The number of allylic oxidation sites excluding steroid dienone is 2. The van der Waals surface area contributed by atoms with Crippen molar-refractivity contribution in [2.24, 2.45) is 0 Å². The quantitative estimate of drug-likeness (QED) is 0.654. The molecule has 2 heterocycles. The third kappa shape index (κ3) is 4.36. The van der Waals surface area contributed by atoms with Crippen LogP contribution in [0.25, 0.3) is 17.2 Å². The molecule has 0 atom stereocenters. The molecular weight excluding hydrogens is 304 g/mol. The van der Waals surface area contributed by atoms with Gasteiger partial charge in [-0.15, -0.1) is 0 Å². The number of nitrogens with zero attached hydrogens (tertiary/aromatic N) is 3. The van der Waals surface area contributed by atoms with E-state index in [0.717, 1.165) is 11.2 Å². The van der Waals surface area contributed by atoms with Gasteiger partial charge in [0.1, 0.15) is 11.8 Å². The van der Waals surface area contributed by atoms with Crippen LogP contribution in [0.2, 0.25) is 18.1 Å². The van der Waals surface area contributed by atoms with Gasteiger partial charge >= 0.3 is 0 Å². The third-order valence-corrected chi connectivity index (χ3v) is 8.83. The summed E-state index contributed by atoms with van der Waals surface area (Å²) >= 11 is 0. The van der Waals surface area contributed by atoms with Gasteiger partial charge in [-0.25, -0.2) is 15.0 Å². The summed E-state index contributed by atoms with van der Waals surface area (Å²) < 4.78 is 6.21. The molecule has 0 spiro atoms. The fraction of sp³-hybridized carbons (Fsp3) is 0.471. The van der Waals surface area contributed by atoms with Crippen LogP contribution in [0.15, 0.2) is 30.4 Å². The number of imidazole rings is 1. The van der Waals surface area contributed by atoms with Crippen molar-refractivity contribution >= 4 is 25.6 Å². The van der Waals surface area contributed by atoms with E-state index in [9.17, 15) is 0 Å². The SMILES string of the molecule is C/C(=C\C=C/c1ncnc2nc[nH]c12)CO[Si](C)(C)C(C)(C)C. The first-order valence-electron chi connectivity index (χ1n) is 7.82. The topological polar surface area (TPSA) is 63.7 Å². The molecular formula is C17H26N4OSi. The Bertz CT molecular complexity index is 726. The van der Waals surface area contributed by atoms with E-state index in [0.29, 0.717) is 12.3 Å². The second-order valence-corrected chi connectivity index (χ2v) is 12.1. The molecule has 0 radical (unpaired) electrons. The van der Waals surface area contributed by atoms with Crippen LogP contribution < -0.4 is 0 Å². The van der Waals surface area contributed by atoms with Crippen molar-refractivity contribution in [2.75, 3.05) is 6.61 Å². The summed E-state index contributed by atoms with van der Waals surface area (Å²) in [7, 11) is -1.70. The molecule has 23 heavy (non-hydrogen) atoms. The summed E-state index contributed by atoms with van der Waals surface area (Å²) in [4.78, 5) is 15.6. The van der Waals surface area contributed by atoms with E-state index in [1.807, 2.05) is 12.2 Å². The highest BCUT2D eigenvalue weighted by molar-refractivity contribution is 6.74. The second kappa shape index (κ2) is 6.76. The monoisotopic (exact) mass is 330 g/mol. The van der Waals surface area contributed by atoms with Crippen LogP contribution in [0.5, 0.6) is 0 Å². The average Bonchev–Trinajstić information content (AvgIpc) is 2.93. The summed E-state index contributed by atoms with van der Waals surface area (Å²) in [5.74, 6) is 0. The predicted molar refractivity (Wildman–Crippen MR) is 97.6 cm³/mol. The van der Waals surface area contributed by atoms with E-state index in [4.69, 9.17) is 4.43 Å². The van der Waals surface area contributed by atoms with Gasteiger partial charge in [-0.05, 0) is 36.7 Å². The molecule has 0 saturated carbocycles. The first-order chi connectivity index (χ1) is 10.7. The standard InChI is InChI=1S/C17H26N4OSi/c1-13(10-22-23(5,6)17(2,3)4)8-7-9-14-15-16(20-11-18-14)21-12-19-15/h7-9,11-12H,10H2,1-6H3,(H,18,19,20,21)/b9-7-,13-8+. The minimum absolute atomic E-state index is 0.232. The number of aromatic amines is 1. The number of hydrogen-bond donors (Lipinski definition) is 1. The number of H-pyrrole nitrogens is 1. The molecule has 0 fully saturated rings. The maximum atomic E-state index is 6.21. The van der Waals surface area contributed by atoms with Gasteiger partial charge < -0.3 is 9.41 Å². The molecule has 0 aliphatic rings. The first kappa shape index (κ1) is 17.6. The van der Waals surface area contributed by atoms with Gasteiger partial charge in [0.25, 0.3) is 0 Å². The highest BCUT2D eigenvalue weighted by Crippen LogP contribution is 2.36. The lowest BCUT2D eigenvalue weighted by Gasteiger charge is -2.36. The lowest BCUT2D eigenvalue weighted by atomic mass is 10.2. The Morgan fingerprint density at radius 3 is 2.70 bits per heavy atom. The van der Waals surface area contributed by atoms with Crippen LogP contribution >= 0.6 is 0 Å². The molecule has 0 saturated heterocycles. The Labute approximate surface area is 139 Å². The van der Waals surface area contributed by atoms with Gasteiger partial charge in [-0.3, -0.25) is 0 Å². The summed E-state index contributed by atoms with van der Waals surface area (Å²) in [5, 5.41) is 0.232. The summed E-state index contributed by atoms with van der Waals surface area (Å²) in [6.07, 6.45) is 9.17. The average molecular weight is 331 g/mol. The second-order valence-electron chi connectivity index (χ2n) is 7.28. The van der Waals surface area contributed by atoms with E-state index < -0.39 is 8.32 Å². The van der Waals surface area contributed by atoms with Crippen molar-refractivity contribution in [3.63, 3.8) is 0 Å². The van der Waals surface area contributed by atoms with Crippen molar-refractivity contribution in [1.29, 1.82) is 0 Å². The van der Waals surface area contributed by atoms with E-state index in [-0.39, 0.29) is 5.04 Å². The summed E-state index contributed by atoms with van der Waals surface area (Å²) in [5.41, 5.74) is 3.57. The van der Waals surface area contributed by atoms with Crippen LogP contribution in [-0.4, -0.2) is 34.9 Å². The van der Waals surface area contributed by atoms with E-state index >= 15 is 0 Å². The fourth-order valence-corrected chi connectivity index (χ4v) is 2.79. The molecule has 124 valence electrons. The zero-order chi connectivity index (χ0) is 17.1. The molecule has 2 aromatic heterocycles. The van der Waals surface area contributed by atoms with Gasteiger partial charge in [0.15, 0.2) is 14.0 Å². The number of fused-ring (bicyclic) bond motifs is 1. The molecule has 2 aromatic rings. The van der Waals surface area contributed by atoms with E-state index in [2.05, 4.69) is 66.8 Å². The van der Waals surface area contributed by atoms with Gasteiger partial charge in [-0.2, -0.15) is 0 Å². The van der Waals surface area contributed by atoms with E-state index in [1.54, 1.807) is 6.33 Å². The molecule has 1 N–H and O–H groups in total. The lowest BCUT2D eigenvalue weighted by Crippen LogP contribution is -2.41. The normalized spacial score (nSPS) is 14.1. The Balaban J connectivity index is 2.01. The van der Waals surface area contributed by atoms with Crippen LogP contribution in [-0.2, 0) is 4.43 Å². The molecule has 0 aliphatic carbocycles. The van der Waals surface area contributed by atoms with Crippen molar-refractivity contribution in [1.82, 2.24) is 19.9 Å². The van der Waals surface area contributed by atoms with Crippen molar-refractivity contribution in [2.45, 2.75) is 45.8 Å². The van der Waals surface area contributed by atoms with Crippen LogP contribution in [0.4, 0.5) is 0 Å². The third-order valence-electron chi connectivity index (χ3n) is 4.35. The number of hydrogen-bond acceptors (Lipinski definition) is 4. The predicted octanol–water partition coefficient (Wildman–Crippen LogP) is 4.33. The van der Waals surface area contributed by atoms with Gasteiger partial charge in [0.05, 0.1) is 18.6 Å². The van der Waals surface area contributed by atoms with Crippen LogP contribution in [0.1, 0.15) is 33.4 Å². The Kier molecular flexibility index (Phi) is 5.16. The van der Waals surface area contributed by atoms with Crippen LogP contribution in [0.3, 0.4) is 0 Å². The molecule has 5 nitrogen and oxygen atoms in total. The van der Waals surface area contributed by atoms with E-state index in [1.165, 1.54) is 11.9 Å². The van der Waals surface area contributed by atoms with Crippen molar-refractivity contribution in [3.8, 4) is 0 Å². The number of nitrogens with one attached hydrogen (secondary N) is 1. The zero-order valence-corrected chi connectivity index (χ0v) is 15.8. The maximum absolute atomic E-state index is 6.21. The first-order valence-corrected chi connectivity index (χ1v) is 10.7. The highest BCUT2D eigenvalue weighted by Gasteiger charge is 2.36. The fourth-order valence-electron chi connectivity index (χ4n) is 1.77. The molecule has 0 bridgehead atoms. The van der Waals surface area contributed by atoms with Crippen molar-refractivity contribution < 1.29 is 4.43 Å². The smallest absolute Gasteiger partial charge is 0.192 e. The minimum Gasteiger partial charge on any atom is -0.413 e. The Hall–Kier alpha value is -1.79. The number of aromatic nitrogens is 4. The summed E-state index contributed by atoms with van der Waals surface area (Å²) in [6, 6.07) is 0. The van der Waals surface area contributed by atoms with Gasteiger partial charge in [0.2, 0.25) is 0 Å². The van der Waals surface area contributed by atoms with Gasteiger partial charge in [0, 0.05) is 0 Å². The zero-order valence-electron chi connectivity index (χ0n) is 14.8. The molecule has 0 amide bonds. The lowest BCUT2D eigenvalue weighted by molar-refractivity contribution is 0.319. The van der Waals surface area contributed by atoms with Crippen molar-refractivity contribution in [3.05, 3.63) is 36.1 Å². The molecule has 2 rings (SSSR count). The highest BCUT2D eigenvalue weighted by atomic mass is 28.4. The molecule has 0 aliphatic heterocycles. The molecule has 6 heteroatoms. The minimum atomic E-state index is -1.70. The van der Waals surface area contributed by atoms with Gasteiger partial charge in [-0.1, -0.05) is 32.9 Å². The Morgan fingerprint density at radius 2 is 2.00 bits per heavy atom. The Morgan fingerprint density at radius 1 is 1.26 bits per heavy atom. The largest absolute Gasteiger partial charge is 0.413 e. The molecule has 0 aromatic carbocycles. The summed E-state index contributed by atoms with van der Waals surface area (Å²) in [6.45, 7) is 14.1. The maximum Gasteiger partial charge on any atom is 0.192 e. The number of rotatable bonds is 5. The molecule has 0 unspecified atom stereocenters. The van der Waals surface area contributed by atoms with Crippen LogP contribution in [0, 0.1) is 0 Å².